The molecule has 1 heterocycles. The van der Waals surface area contributed by atoms with Gasteiger partial charge in [0.15, 0.2) is 0 Å². The Morgan fingerprint density at radius 3 is 2.29 bits per heavy atom. The normalized spacial score (nSPS) is 22.0. The number of amides is 1. The Morgan fingerprint density at radius 1 is 1.06 bits per heavy atom. The van der Waals surface area contributed by atoms with Gasteiger partial charge in [-0.25, -0.2) is 0 Å². The van der Waals surface area contributed by atoms with Gasteiger partial charge in [-0.15, -0.1) is 0 Å². The second kappa shape index (κ2) is 7.93. The first-order valence-electron chi connectivity index (χ1n) is 6.87. The van der Waals surface area contributed by atoms with Crippen molar-refractivity contribution in [2.45, 2.75) is 57.4 Å². The van der Waals surface area contributed by atoms with Crippen LogP contribution in [0.15, 0.2) is 0 Å². The Bertz CT molecular complexity index is 229. The molecule has 0 aromatic heterocycles. The van der Waals surface area contributed by atoms with Crippen LogP contribution in [0.1, 0.15) is 52.8 Å². The largest absolute Gasteiger partial charge is 1.00 e. The number of hydrogen-bond acceptors (Lipinski definition) is 2. The molecule has 1 saturated carbocycles. The molecule has 1 aliphatic heterocycles. The van der Waals surface area contributed by atoms with Crippen LogP contribution in [0, 0.1) is 0 Å². The van der Waals surface area contributed by atoms with Gasteiger partial charge in [0.05, 0.1) is 6.54 Å². The van der Waals surface area contributed by atoms with Crippen molar-refractivity contribution in [3.8, 4) is 0 Å². The number of carbonyl (C=O) groups is 1. The lowest BCUT2D eigenvalue weighted by Crippen LogP contribution is -3.00. The van der Waals surface area contributed by atoms with Crippen molar-refractivity contribution in [3.05, 3.63) is 0 Å². The van der Waals surface area contributed by atoms with Crippen molar-refractivity contribution < 1.29 is 18.6 Å². The number of halogens is 1. The van der Waals surface area contributed by atoms with Gasteiger partial charge in [-0.2, -0.15) is 0 Å². The number of piperidine rings is 1. The Morgan fingerprint density at radius 2 is 1.65 bits per heavy atom. The number of carbonyl (C=O) groups excluding carboxylic acids is 1. The van der Waals surface area contributed by atoms with Crippen LogP contribution in [0.25, 0.3) is 0 Å². The maximum Gasteiger partial charge on any atom is 1.00 e. The molecule has 100 valence electrons. The summed E-state index contributed by atoms with van der Waals surface area (Å²) in [6.45, 7) is 2.51. The lowest BCUT2D eigenvalue weighted by molar-refractivity contribution is -0.131. The van der Waals surface area contributed by atoms with E-state index in [1.807, 2.05) is 4.90 Å². The summed E-state index contributed by atoms with van der Waals surface area (Å²) in [5.41, 5.74) is 0. The highest BCUT2D eigenvalue weighted by Gasteiger charge is 2.18. The summed E-state index contributed by atoms with van der Waals surface area (Å²) >= 11 is 0. The van der Waals surface area contributed by atoms with Crippen LogP contribution in [-0.4, -0.2) is 36.5 Å². The van der Waals surface area contributed by atoms with Crippen molar-refractivity contribution in [1.29, 1.82) is 0 Å². The van der Waals surface area contributed by atoms with E-state index in [4.69, 9.17) is 0 Å². The fraction of sp³-hybridized carbons (Fsp3) is 0.923. The van der Waals surface area contributed by atoms with Crippen LogP contribution in [0.2, 0.25) is 0 Å². The molecule has 0 aromatic rings. The van der Waals surface area contributed by atoms with E-state index in [1.54, 1.807) is 0 Å². The average molecular weight is 261 g/mol. The van der Waals surface area contributed by atoms with Gasteiger partial charge in [0.2, 0.25) is 5.91 Å². The molecule has 1 saturated heterocycles. The number of nitrogens with zero attached hydrogens (tertiary/aromatic N) is 1. The molecule has 1 amide bonds. The summed E-state index contributed by atoms with van der Waals surface area (Å²) in [5, 5.41) is 3.43. The maximum atomic E-state index is 11.9. The van der Waals surface area contributed by atoms with Crippen LogP contribution in [-0.2, 0) is 4.79 Å². The summed E-state index contributed by atoms with van der Waals surface area (Å²) in [5.74, 6) is 0.310. The minimum Gasteiger partial charge on any atom is -1.00 e. The molecule has 1 aliphatic carbocycles. The van der Waals surface area contributed by atoms with Crippen molar-refractivity contribution >= 4 is 5.91 Å². The summed E-state index contributed by atoms with van der Waals surface area (Å²) < 4.78 is 0. The van der Waals surface area contributed by atoms with Crippen LogP contribution in [0.4, 0.5) is 0 Å². The molecule has 0 spiro atoms. The van der Waals surface area contributed by atoms with E-state index in [0.29, 0.717) is 18.5 Å². The van der Waals surface area contributed by atoms with Gasteiger partial charge in [-0.3, -0.25) is 4.79 Å². The first kappa shape index (κ1) is 14.8. The molecule has 17 heavy (non-hydrogen) atoms. The topological polar surface area (TPSA) is 32.3 Å². The number of nitrogens with one attached hydrogen (secondary N) is 1. The van der Waals surface area contributed by atoms with Gasteiger partial charge < -0.3 is 22.6 Å². The van der Waals surface area contributed by atoms with Gasteiger partial charge in [0.25, 0.3) is 0 Å². The Balaban J connectivity index is 0.00000144. The zero-order valence-corrected chi connectivity index (χ0v) is 11.3. The number of likely N-dealkylation sites (tertiary alicyclic amines) is 1. The van der Waals surface area contributed by atoms with Crippen molar-refractivity contribution in [1.82, 2.24) is 10.2 Å². The van der Waals surface area contributed by atoms with Gasteiger partial charge in [-0.1, -0.05) is 19.3 Å². The molecule has 4 heteroatoms. The lowest BCUT2D eigenvalue weighted by Gasteiger charge is -2.28. The molecule has 2 rings (SSSR count). The van der Waals surface area contributed by atoms with Crippen molar-refractivity contribution in [2.24, 2.45) is 0 Å². The quantitative estimate of drug-likeness (QED) is 0.709. The van der Waals surface area contributed by atoms with Gasteiger partial charge in [0.1, 0.15) is 0 Å². The summed E-state index contributed by atoms with van der Waals surface area (Å²) in [6, 6.07) is 0.600. The van der Waals surface area contributed by atoms with Crippen LogP contribution >= 0.6 is 0 Å². The van der Waals surface area contributed by atoms with Crippen LogP contribution in [0.3, 0.4) is 0 Å². The lowest BCUT2D eigenvalue weighted by atomic mass is 9.95. The molecule has 0 atom stereocenters. The predicted molar refractivity (Wildman–Crippen MR) is 66.4 cm³/mol. The van der Waals surface area contributed by atoms with E-state index < -0.39 is 0 Å². The highest BCUT2D eigenvalue weighted by Crippen LogP contribution is 2.17. The molecule has 0 radical (unpaired) electrons. The fourth-order valence-electron chi connectivity index (χ4n) is 2.79. The minimum absolute atomic E-state index is 0. The molecule has 0 bridgehead atoms. The third-order valence-electron chi connectivity index (χ3n) is 3.86. The molecular weight excluding hydrogens is 236 g/mol. The molecule has 3 nitrogen and oxygen atoms in total. The minimum atomic E-state index is 0. The first-order chi connectivity index (χ1) is 7.86. The van der Waals surface area contributed by atoms with E-state index in [2.05, 4.69) is 5.32 Å². The smallest absolute Gasteiger partial charge is 1.00 e. The summed E-state index contributed by atoms with van der Waals surface area (Å²) in [7, 11) is 0. The van der Waals surface area contributed by atoms with E-state index in [1.165, 1.54) is 51.4 Å². The Kier molecular flexibility index (Phi) is 6.90. The third kappa shape index (κ3) is 4.84. The van der Waals surface area contributed by atoms with Crippen molar-refractivity contribution in [3.63, 3.8) is 0 Å². The number of rotatable bonds is 3. The predicted octanol–water partition coefficient (Wildman–Crippen LogP) is -0.962. The number of hydrogen-bond donors (Lipinski definition) is 1. The Hall–Kier alpha value is -0.280. The van der Waals surface area contributed by atoms with E-state index in [-0.39, 0.29) is 13.8 Å². The first-order valence-corrected chi connectivity index (χ1v) is 6.87. The van der Waals surface area contributed by atoms with E-state index >= 15 is 0 Å². The van der Waals surface area contributed by atoms with E-state index in [9.17, 15) is 4.79 Å². The molecule has 0 aromatic carbocycles. The zero-order chi connectivity index (χ0) is 11.2. The van der Waals surface area contributed by atoms with Crippen LogP contribution in [0.5, 0.6) is 0 Å². The highest BCUT2D eigenvalue weighted by molar-refractivity contribution is 5.78. The Labute approximate surface area is 112 Å². The molecule has 1 N–H and O–H groups in total. The third-order valence-corrected chi connectivity index (χ3v) is 3.86. The maximum absolute atomic E-state index is 11.9. The monoisotopic (exact) mass is 260 g/mol. The SMILES string of the molecule is O=C(CNC1CCCCC1)N1CCCCC1.[Cl-].[H+]. The molecular formula is C13H25ClN2O. The molecule has 2 fully saturated rings. The van der Waals surface area contributed by atoms with Crippen molar-refractivity contribution in [2.75, 3.05) is 19.6 Å². The second-order valence-corrected chi connectivity index (χ2v) is 5.16. The van der Waals surface area contributed by atoms with E-state index in [0.717, 1.165) is 13.1 Å². The van der Waals surface area contributed by atoms with Gasteiger partial charge in [-0.05, 0) is 32.1 Å². The molecule has 0 unspecified atom stereocenters. The zero-order valence-electron chi connectivity index (χ0n) is 11.6. The highest BCUT2D eigenvalue weighted by atomic mass is 35.5. The standard InChI is InChI=1S/C13H24N2O.ClH/c16-13(15-9-5-2-6-10-15)11-14-12-7-3-1-4-8-12;/h12,14H,1-11H2;1H. The fourth-order valence-corrected chi connectivity index (χ4v) is 2.79. The van der Waals surface area contributed by atoms with Gasteiger partial charge >= 0.3 is 1.43 Å². The second-order valence-electron chi connectivity index (χ2n) is 5.16. The van der Waals surface area contributed by atoms with Gasteiger partial charge in [0, 0.05) is 19.1 Å². The summed E-state index contributed by atoms with van der Waals surface area (Å²) in [4.78, 5) is 13.9. The average Bonchev–Trinajstić information content (AvgIpc) is 2.38. The van der Waals surface area contributed by atoms with Crippen LogP contribution < -0.4 is 17.7 Å². The molecule has 2 aliphatic rings. The summed E-state index contributed by atoms with van der Waals surface area (Å²) in [6.07, 6.45) is 10.2.